The average Bonchev–Trinajstić information content (AvgIpc) is 2.48. The van der Waals surface area contributed by atoms with Gasteiger partial charge in [0.2, 0.25) is 0 Å². The maximum absolute atomic E-state index is 8.84. The number of aliphatic hydroxyl groups excluding tert-OH is 1. The zero-order chi connectivity index (χ0) is 10.6. The third-order valence-corrected chi connectivity index (χ3v) is 2.02. The van der Waals surface area contributed by atoms with Crippen molar-refractivity contribution in [3.8, 4) is 0 Å². The minimum Gasteiger partial charge on any atom is -0.394 e. The van der Waals surface area contributed by atoms with E-state index in [0.717, 1.165) is 17.8 Å². The minimum absolute atomic E-state index is 0.0818. The Kier molecular flexibility index (Phi) is 4.03. The van der Waals surface area contributed by atoms with Gasteiger partial charge in [0.15, 0.2) is 0 Å². The third-order valence-electron chi connectivity index (χ3n) is 2.02. The predicted octanol–water partition coefficient (Wildman–Crippen LogP) is -0.0724. The van der Waals surface area contributed by atoms with Crippen molar-refractivity contribution in [2.75, 3.05) is 6.61 Å². The van der Waals surface area contributed by atoms with Crippen LogP contribution in [0.5, 0.6) is 0 Å². The Bertz CT molecular complexity index is 282. The van der Waals surface area contributed by atoms with Crippen molar-refractivity contribution in [1.29, 1.82) is 0 Å². The van der Waals surface area contributed by atoms with Gasteiger partial charge in [-0.2, -0.15) is 0 Å². The van der Waals surface area contributed by atoms with Crippen LogP contribution in [0.25, 0.3) is 0 Å². The molecule has 0 aliphatic rings. The number of nitrogens with two attached hydrogens (primary N) is 1. The van der Waals surface area contributed by atoms with E-state index in [4.69, 9.17) is 10.8 Å². The highest BCUT2D eigenvalue weighted by atomic mass is 16.3. The van der Waals surface area contributed by atoms with Crippen LogP contribution >= 0.6 is 0 Å². The second kappa shape index (κ2) is 5.07. The molecule has 0 radical (unpaired) electrons. The van der Waals surface area contributed by atoms with Crippen LogP contribution in [0.1, 0.15) is 25.2 Å². The maximum atomic E-state index is 8.84. The summed E-state index contributed by atoms with van der Waals surface area (Å²) in [5.74, 6) is 0.538. The molecule has 0 aromatic carbocycles. The van der Waals surface area contributed by atoms with Gasteiger partial charge in [0.25, 0.3) is 0 Å². The van der Waals surface area contributed by atoms with Crippen LogP contribution in [-0.2, 0) is 19.5 Å². The normalized spacial score (nSPS) is 11.2. The second-order valence-electron chi connectivity index (χ2n) is 3.73. The van der Waals surface area contributed by atoms with E-state index in [1.165, 1.54) is 0 Å². The summed E-state index contributed by atoms with van der Waals surface area (Å²) in [5.41, 5.74) is 7.45. The summed E-state index contributed by atoms with van der Waals surface area (Å²) in [5, 5.41) is 16.8. The number of aromatic nitrogens is 3. The van der Waals surface area contributed by atoms with Gasteiger partial charge in [-0.15, -0.1) is 5.10 Å². The van der Waals surface area contributed by atoms with E-state index in [0.29, 0.717) is 19.0 Å². The molecule has 0 atom stereocenters. The molecule has 0 saturated carbocycles. The Morgan fingerprint density at radius 3 is 2.71 bits per heavy atom. The lowest BCUT2D eigenvalue weighted by Gasteiger charge is -2.08. The van der Waals surface area contributed by atoms with Gasteiger partial charge in [0.1, 0.15) is 0 Å². The van der Waals surface area contributed by atoms with Crippen molar-refractivity contribution in [3.05, 3.63) is 11.4 Å². The highest BCUT2D eigenvalue weighted by Crippen LogP contribution is 2.11. The van der Waals surface area contributed by atoms with Gasteiger partial charge in [-0.3, -0.25) is 0 Å². The predicted molar refractivity (Wildman–Crippen MR) is 53.5 cm³/mol. The van der Waals surface area contributed by atoms with Crippen molar-refractivity contribution < 1.29 is 5.11 Å². The SMILES string of the molecule is CC(C)Cc1c(CN)nnn1CCO. The van der Waals surface area contributed by atoms with Crippen molar-refractivity contribution >= 4 is 0 Å². The molecule has 14 heavy (non-hydrogen) atoms. The molecule has 1 aromatic rings. The smallest absolute Gasteiger partial charge is 0.0994 e. The third kappa shape index (κ3) is 2.52. The fourth-order valence-corrected chi connectivity index (χ4v) is 1.41. The van der Waals surface area contributed by atoms with E-state index >= 15 is 0 Å². The summed E-state index contributed by atoms with van der Waals surface area (Å²) in [6.07, 6.45) is 0.902. The topological polar surface area (TPSA) is 77.0 Å². The maximum Gasteiger partial charge on any atom is 0.0994 e. The number of aliphatic hydroxyl groups is 1. The van der Waals surface area contributed by atoms with Gasteiger partial charge >= 0.3 is 0 Å². The van der Waals surface area contributed by atoms with Gasteiger partial charge in [0.05, 0.1) is 24.5 Å². The molecule has 0 aliphatic heterocycles. The van der Waals surface area contributed by atoms with Crippen LogP contribution in [0, 0.1) is 5.92 Å². The molecule has 0 spiro atoms. The Balaban J connectivity index is 2.87. The van der Waals surface area contributed by atoms with Crippen molar-refractivity contribution in [3.63, 3.8) is 0 Å². The molecule has 0 bridgehead atoms. The van der Waals surface area contributed by atoms with E-state index < -0.39 is 0 Å². The number of hydrogen-bond acceptors (Lipinski definition) is 4. The lowest BCUT2D eigenvalue weighted by Crippen LogP contribution is -2.12. The van der Waals surface area contributed by atoms with E-state index in [-0.39, 0.29) is 6.61 Å². The Hall–Kier alpha value is -0.940. The summed E-state index contributed by atoms with van der Waals surface area (Å²) >= 11 is 0. The first-order valence-electron chi connectivity index (χ1n) is 4.91. The zero-order valence-corrected chi connectivity index (χ0v) is 8.77. The van der Waals surface area contributed by atoms with Crippen LogP contribution < -0.4 is 5.73 Å². The molecular formula is C9H18N4O. The Morgan fingerprint density at radius 2 is 2.21 bits per heavy atom. The average molecular weight is 198 g/mol. The molecule has 0 saturated heterocycles. The molecule has 80 valence electrons. The first kappa shape index (κ1) is 11.1. The van der Waals surface area contributed by atoms with Crippen LogP contribution in [0.3, 0.4) is 0 Å². The molecule has 0 amide bonds. The lowest BCUT2D eigenvalue weighted by molar-refractivity contribution is 0.265. The Morgan fingerprint density at radius 1 is 1.50 bits per heavy atom. The summed E-state index contributed by atoms with van der Waals surface area (Å²) in [6.45, 7) is 5.26. The van der Waals surface area contributed by atoms with Gasteiger partial charge in [-0.25, -0.2) is 4.68 Å². The van der Waals surface area contributed by atoms with Gasteiger partial charge in [0, 0.05) is 6.54 Å². The molecule has 0 fully saturated rings. The molecule has 0 aliphatic carbocycles. The van der Waals surface area contributed by atoms with E-state index in [1.807, 2.05) is 0 Å². The van der Waals surface area contributed by atoms with Crippen LogP contribution in [0.4, 0.5) is 0 Å². The molecule has 1 aromatic heterocycles. The summed E-state index contributed by atoms with van der Waals surface area (Å²) in [7, 11) is 0. The fourth-order valence-electron chi connectivity index (χ4n) is 1.41. The van der Waals surface area contributed by atoms with E-state index in [9.17, 15) is 0 Å². The molecule has 0 unspecified atom stereocenters. The van der Waals surface area contributed by atoms with Gasteiger partial charge < -0.3 is 10.8 Å². The van der Waals surface area contributed by atoms with Gasteiger partial charge in [-0.1, -0.05) is 19.1 Å². The van der Waals surface area contributed by atoms with E-state index in [2.05, 4.69) is 24.2 Å². The monoisotopic (exact) mass is 198 g/mol. The van der Waals surface area contributed by atoms with Crippen LogP contribution in [-0.4, -0.2) is 26.7 Å². The molecular weight excluding hydrogens is 180 g/mol. The largest absolute Gasteiger partial charge is 0.394 e. The van der Waals surface area contributed by atoms with Gasteiger partial charge in [-0.05, 0) is 12.3 Å². The standard InChI is InChI=1S/C9H18N4O/c1-7(2)5-9-8(6-10)11-12-13(9)3-4-14/h7,14H,3-6,10H2,1-2H3. The number of nitrogens with zero attached hydrogens (tertiary/aromatic N) is 3. The van der Waals surface area contributed by atoms with Crippen molar-refractivity contribution in [1.82, 2.24) is 15.0 Å². The number of hydrogen-bond donors (Lipinski definition) is 2. The quantitative estimate of drug-likeness (QED) is 0.694. The molecule has 5 heteroatoms. The highest BCUT2D eigenvalue weighted by molar-refractivity contribution is 5.10. The zero-order valence-electron chi connectivity index (χ0n) is 8.77. The summed E-state index contributed by atoms with van der Waals surface area (Å²) < 4.78 is 1.74. The first-order valence-corrected chi connectivity index (χ1v) is 4.91. The van der Waals surface area contributed by atoms with Crippen LogP contribution in [0.2, 0.25) is 0 Å². The van der Waals surface area contributed by atoms with Crippen molar-refractivity contribution in [2.45, 2.75) is 33.4 Å². The fraction of sp³-hybridized carbons (Fsp3) is 0.778. The second-order valence-corrected chi connectivity index (χ2v) is 3.73. The first-order chi connectivity index (χ1) is 6.69. The molecule has 3 N–H and O–H groups in total. The lowest BCUT2D eigenvalue weighted by atomic mass is 10.1. The number of rotatable bonds is 5. The molecule has 1 rings (SSSR count). The van der Waals surface area contributed by atoms with Crippen LogP contribution in [0.15, 0.2) is 0 Å². The van der Waals surface area contributed by atoms with Crippen molar-refractivity contribution in [2.24, 2.45) is 11.7 Å². The highest BCUT2D eigenvalue weighted by Gasteiger charge is 2.12. The summed E-state index contributed by atoms with van der Waals surface area (Å²) in [6, 6.07) is 0. The Labute approximate surface area is 83.9 Å². The summed E-state index contributed by atoms with van der Waals surface area (Å²) in [4.78, 5) is 0. The molecule has 1 heterocycles. The van der Waals surface area contributed by atoms with E-state index in [1.54, 1.807) is 4.68 Å². The minimum atomic E-state index is 0.0818. The molecule has 5 nitrogen and oxygen atoms in total.